The fourth-order valence-corrected chi connectivity index (χ4v) is 5.14. The molecule has 0 aromatic rings. The van der Waals surface area contributed by atoms with E-state index in [-0.39, 0.29) is 29.3 Å². The Morgan fingerprint density at radius 1 is 0.667 bits per heavy atom. The average Bonchev–Trinajstić information content (AvgIpc) is 2.72. The molecule has 0 heterocycles. The fraction of sp³-hybridized carbons (Fsp3) is 0.619. The van der Waals surface area contributed by atoms with Crippen LogP contribution in [0.1, 0.15) is 69.2 Å². The Bertz CT molecular complexity index is 629. The molecule has 0 saturated carbocycles. The first kappa shape index (κ1) is 22.1. The summed E-state index contributed by atoms with van der Waals surface area (Å²) in [5.41, 5.74) is 11.8. The SMILES string of the molecule is CC1=C(C)C(C)(C)C(C([O][Zr+])C2=C(C)C(C)=C(C)C2(C)C)=C1C.[Cl-]. The van der Waals surface area contributed by atoms with Crippen molar-refractivity contribution in [2.24, 2.45) is 10.8 Å². The van der Waals surface area contributed by atoms with Gasteiger partial charge in [-0.05, 0) is 0 Å². The first-order valence-electron chi connectivity index (χ1n) is 8.52. The van der Waals surface area contributed by atoms with Crippen molar-refractivity contribution in [3.8, 4) is 0 Å². The second kappa shape index (κ2) is 7.01. The van der Waals surface area contributed by atoms with Gasteiger partial charge in [-0.15, -0.1) is 0 Å². The van der Waals surface area contributed by atoms with Crippen LogP contribution in [-0.4, -0.2) is 6.10 Å². The zero-order chi connectivity index (χ0) is 17.9. The smallest absolute Gasteiger partial charge is 1.00 e. The molecule has 2 rings (SSSR count). The van der Waals surface area contributed by atoms with Crippen molar-refractivity contribution in [1.29, 1.82) is 0 Å². The topological polar surface area (TPSA) is 9.23 Å². The van der Waals surface area contributed by atoms with Gasteiger partial charge in [-0.25, -0.2) is 0 Å². The van der Waals surface area contributed by atoms with Crippen molar-refractivity contribution in [2.45, 2.75) is 75.3 Å². The molecule has 2 aliphatic rings. The summed E-state index contributed by atoms with van der Waals surface area (Å²) in [5, 5.41) is 0. The van der Waals surface area contributed by atoms with Crippen LogP contribution in [0.5, 0.6) is 0 Å². The Hall–Kier alpha value is 0.0931. The zero-order valence-electron chi connectivity index (χ0n) is 16.9. The van der Waals surface area contributed by atoms with Gasteiger partial charge in [0.1, 0.15) is 0 Å². The third-order valence-corrected chi connectivity index (χ3v) is 7.50. The van der Waals surface area contributed by atoms with Crippen LogP contribution in [0.15, 0.2) is 44.6 Å². The van der Waals surface area contributed by atoms with Gasteiger partial charge in [0.05, 0.1) is 0 Å². The van der Waals surface area contributed by atoms with E-state index in [9.17, 15) is 0 Å². The van der Waals surface area contributed by atoms with E-state index in [4.69, 9.17) is 2.81 Å². The minimum atomic E-state index is 0. The molecule has 24 heavy (non-hydrogen) atoms. The van der Waals surface area contributed by atoms with Gasteiger partial charge >= 0.3 is 159 Å². The quantitative estimate of drug-likeness (QED) is 0.674. The summed E-state index contributed by atoms with van der Waals surface area (Å²) in [4.78, 5) is 0. The molecule has 132 valence electrons. The van der Waals surface area contributed by atoms with Crippen LogP contribution < -0.4 is 12.4 Å². The van der Waals surface area contributed by atoms with Gasteiger partial charge in [-0.2, -0.15) is 0 Å². The maximum atomic E-state index is 6.24. The van der Waals surface area contributed by atoms with Crippen molar-refractivity contribution in [1.82, 2.24) is 0 Å². The fourth-order valence-electron chi connectivity index (χ4n) is 4.56. The molecule has 0 N–H and O–H groups in total. The predicted molar refractivity (Wildman–Crippen MR) is 94.6 cm³/mol. The third-order valence-electron chi connectivity index (χ3n) is 6.92. The summed E-state index contributed by atoms with van der Waals surface area (Å²) in [6, 6.07) is 0. The van der Waals surface area contributed by atoms with Crippen LogP contribution in [0, 0.1) is 10.8 Å². The minimum absolute atomic E-state index is 0. The zero-order valence-corrected chi connectivity index (χ0v) is 20.1. The summed E-state index contributed by atoms with van der Waals surface area (Å²) < 4.78 is 6.24. The first-order valence-corrected chi connectivity index (χ1v) is 9.52. The maximum Gasteiger partial charge on any atom is -1.00 e. The number of rotatable bonds is 3. The second-order valence-corrected chi connectivity index (χ2v) is 8.90. The molecule has 0 spiro atoms. The van der Waals surface area contributed by atoms with E-state index in [0.29, 0.717) is 0 Å². The summed E-state index contributed by atoms with van der Waals surface area (Å²) in [6.45, 7) is 23.0. The molecule has 0 aromatic carbocycles. The maximum absolute atomic E-state index is 6.24. The van der Waals surface area contributed by atoms with E-state index in [1.165, 1.54) is 44.6 Å². The molecule has 2 aliphatic carbocycles. The summed E-state index contributed by atoms with van der Waals surface area (Å²) in [6.07, 6.45) is 0.0954. The average molecular weight is 426 g/mol. The van der Waals surface area contributed by atoms with Gasteiger partial charge in [-0.1, -0.05) is 0 Å². The number of halogens is 1. The van der Waals surface area contributed by atoms with Gasteiger partial charge in [0.2, 0.25) is 0 Å². The van der Waals surface area contributed by atoms with E-state index in [1.807, 2.05) is 0 Å². The molecule has 0 unspecified atom stereocenters. The van der Waals surface area contributed by atoms with Crippen LogP contribution in [0.2, 0.25) is 0 Å². The van der Waals surface area contributed by atoms with Gasteiger partial charge in [0.15, 0.2) is 0 Å². The van der Waals surface area contributed by atoms with Crippen LogP contribution in [0.3, 0.4) is 0 Å². The molecule has 0 saturated heterocycles. The monoisotopic (exact) mass is 424 g/mol. The minimum Gasteiger partial charge on any atom is -1.00 e. The van der Waals surface area contributed by atoms with Crippen LogP contribution in [-0.2, 0) is 28.0 Å². The number of hydrogen-bond acceptors (Lipinski definition) is 1. The summed E-state index contributed by atoms with van der Waals surface area (Å²) >= 11 is 1.14. The number of hydrogen-bond donors (Lipinski definition) is 0. The van der Waals surface area contributed by atoms with Crippen molar-refractivity contribution >= 4 is 0 Å². The van der Waals surface area contributed by atoms with Gasteiger partial charge in [0.25, 0.3) is 0 Å². The Balaban J connectivity index is 0.00000288. The first-order chi connectivity index (χ1) is 10.4. The van der Waals surface area contributed by atoms with E-state index in [0.717, 1.165) is 25.2 Å². The molecular formula is C21H31ClOZr. The molecule has 0 bridgehead atoms. The Morgan fingerprint density at radius 3 is 1.12 bits per heavy atom. The predicted octanol–water partition coefficient (Wildman–Crippen LogP) is 3.22. The van der Waals surface area contributed by atoms with E-state index in [2.05, 4.69) is 69.2 Å². The molecule has 0 aliphatic heterocycles. The third kappa shape index (κ3) is 2.91. The van der Waals surface area contributed by atoms with Crippen LogP contribution in [0.25, 0.3) is 0 Å². The molecule has 0 aromatic heterocycles. The molecule has 0 amide bonds. The number of allylic oxidation sites excluding steroid dienone is 6. The summed E-state index contributed by atoms with van der Waals surface area (Å²) in [7, 11) is 0. The molecule has 0 fully saturated rings. The van der Waals surface area contributed by atoms with Crippen molar-refractivity contribution in [2.75, 3.05) is 0 Å². The van der Waals surface area contributed by atoms with Gasteiger partial charge < -0.3 is 12.4 Å². The van der Waals surface area contributed by atoms with Gasteiger partial charge in [-0.3, -0.25) is 0 Å². The normalized spacial score (nSPS) is 22.9. The Morgan fingerprint density at radius 2 is 0.958 bits per heavy atom. The summed E-state index contributed by atoms with van der Waals surface area (Å²) in [5.74, 6) is 0. The van der Waals surface area contributed by atoms with E-state index < -0.39 is 0 Å². The molecule has 1 nitrogen and oxygen atoms in total. The Kier molecular flexibility index (Phi) is 6.47. The standard InChI is InChI=1S/C21H31O.ClH.Zr/c1-11-13(3)17(20(7,8)15(11)5)19(22)18-14(4)12(2)16(6)21(18,9)10;;/h19H,1-10H3;1H;/q-1;;+2/p-1. The molecular weight excluding hydrogens is 395 g/mol. The van der Waals surface area contributed by atoms with E-state index >= 15 is 0 Å². The second-order valence-electron chi connectivity index (χ2n) is 8.33. The van der Waals surface area contributed by atoms with Crippen molar-refractivity contribution in [3.05, 3.63) is 44.6 Å². The molecule has 0 radical (unpaired) electrons. The van der Waals surface area contributed by atoms with Crippen molar-refractivity contribution < 1.29 is 40.4 Å². The van der Waals surface area contributed by atoms with Crippen molar-refractivity contribution in [3.63, 3.8) is 0 Å². The van der Waals surface area contributed by atoms with E-state index in [1.54, 1.807) is 0 Å². The van der Waals surface area contributed by atoms with Crippen LogP contribution >= 0.6 is 0 Å². The largest absolute Gasteiger partial charge is 1.00 e. The Labute approximate surface area is 170 Å². The van der Waals surface area contributed by atoms with Crippen LogP contribution in [0.4, 0.5) is 0 Å². The molecule has 3 heteroatoms. The van der Waals surface area contributed by atoms with Gasteiger partial charge in [0, 0.05) is 0 Å². The molecule has 0 atom stereocenters.